The Morgan fingerprint density at radius 1 is 1.28 bits per heavy atom. The van der Waals surface area contributed by atoms with E-state index in [-0.39, 0.29) is 24.1 Å². The van der Waals surface area contributed by atoms with Gasteiger partial charge in [0.25, 0.3) is 0 Å². The standard InChI is InChI=1S/C18H24BrN3O3/c1-12(23)20-15(13-6-8-14(19)9-7-13)11-17(24)22-10-4-5-16(22)18(25)21(2)3/h6-9,15-16H,4-5,10-11H2,1-3H3,(H,20,23). The monoisotopic (exact) mass is 409 g/mol. The van der Waals surface area contributed by atoms with Crippen molar-refractivity contribution < 1.29 is 14.4 Å². The van der Waals surface area contributed by atoms with Gasteiger partial charge in [-0.2, -0.15) is 0 Å². The molecule has 0 aliphatic carbocycles. The number of halogens is 1. The van der Waals surface area contributed by atoms with E-state index in [0.717, 1.165) is 16.5 Å². The molecule has 0 bridgehead atoms. The van der Waals surface area contributed by atoms with Crippen LogP contribution in [0.15, 0.2) is 28.7 Å². The molecule has 1 heterocycles. The van der Waals surface area contributed by atoms with Crippen LogP contribution in [0.5, 0.6) is 0 Å². The lowest BCUT2D eigenvalue weighted by Crippen LogP contribution is -2.46. The molecular weight excluding hydrogens is 386 g/mol. The second-order valence-corrected chi connectivity index (χ2v) is 7.40. The van der Waals surface area contributed by atoms with Crippen molar-refractivity contribution in [2.45, 2.75) is 38.3 Å². The van der Waals surface area contributed by atoms with Crippen LogP contribution in [0, 0.1) is 0 Å². The van der Waals surface area contributed by atoms with Gasteiger partial charge in [-0.25, -0.2) is 0 Å². The summed E-state index contributed by atoms with van der Waals surface area (Å²) in [5.74, 6) is -0.354. The summed E-state index contributed by atoms with van der Waals surface area (Å²) in [6.45, 7) is 2.01. The summed E-state index contributed by atoms with van der Waals surface area (Å²) in [6, 6.07) is 6.71. The van der Waals surface area contributed by atoms with Gasteiger partial charge < -0.3 is 15.1 Å². The number of amides is 3. The Morgan fingerprint density at radius 3 is 2.48 bits per heavy atom. The quantitative estimate of drug-likeness (QED) is 0.809. The van der Waals surface area contributed by atoms with Gasteiger partial charge in [0.05, 0.1) is 12.5 Å². The molecule has 2 rings (SSSR count). The van der Waals surface area contributed by atoms with E-state index in [1.165, 1.54) is 11.8 Å². The number of carbonyl (C=O) groups excluding carboxylic acids is 3. The molecule has 1 aliphatic heterocycles. The summed E-state index contributed by atoms with van der Waals surface area (Å²) >= 11 is 3.38. The Balaban J connectivity index is 2.14. The smallest absolute Gasteiger partial charge is 0.244 e. The second kappa shape index (κ2) is 8.47. The van der Waals surface area contributed by atoms with Crippen molar-refractivity contribution >= 4 is 33.7 Å². The minimum atomic E-state index is -0.409. The number of likely N-dealkylation sites (N-methyl/N-ethyl adjacent to an activating group) is 1. The highest BCUT2D eigenvalue weighted by atomic mass is 79.9. The largest absolute Gasteiger partial charge is 0.349 e. The zero-order chi connectivity index (χ0) is 18.6. The summed E-state index contributed by atoms with van der Waals surface area (Å²) < 4.78 is 0.931. The van der Waals surface area contributed by atoms with E-state index >= 15 is 0 Å². The van der Waals surface area contributed by atoms with E-state index in [1.807, 2.05) is 24.3 Å². The van der Waals surface area contributed by atoms with Gasteiger partial charge in [-0.15, -0.1) is 0 Å². The van der Waals surface area contributed by atoms with Gasteiger partial charge in [0.15, 0.2) is 0 Å². The fourth-order valence-electron chi connectivity index (χ4n) is 3.10. The van der Waals surface area contributed by atoms with Crippen molar-refractivity contribution in [1.82, 2.24) is 15.1 Å². The third kappa shape index (κ3) is 5.04. The summed E-state index contributed by atoms with van der Waals surface area (Å²) in [5.41, 5.74) is 0.862. The Labute approximate surface area is 156 Å². The maximum absolute atomic E-state index is 12.8. The molecule has 0 aromatic heterocycles. The number of carbonyl (C=O) groups is 3. The molecule has 25 heavy (non-hydrogen) atoms. The Kier molecular flexibility index (Phi) is 6.58. The highest BCUT2D eigenvalue weighted by Crippen LogP contribution is 2.25. The van der Waals surface area contributed by atoms with Crippen molar-refractivity contribution in [2.24, 2.45) is 0 Å². The first-order chi connectivity index (χ1) is 11.8. The third-order valence-electron chi connectivity index (χ3n) is 4.33. The number of rotatable bonds is 5. The summed E-state index contributed by atoms with van der Waals surface area (Å²) in [6.07, 6.45) is 1.64. The minimum absolute atomic E-state index is 0.0504. The van der Waals surface area contributed by atoms with E-state index in [1.54, 1.807) is 19.0 Å². The van der Waals surface area contributed by atoms with Crippen LogP contribution >= 0.6 is 15.9 Å². The predicted octanol–water partition coefficient (Wildman–Crippen LogP) is 2.10. The first kappa shape index (κ1) is 19.4. The molecule has 0 saturated carbocycles. The van der Waals surface area contributed by atoms with Crippen molar-refractivity contribution in [3.8, 4) is 0 Å². The molecule has 1 saturated heterocycles. The van der Waals surface area contributed by atoms with Crippen LogP contribution in [0.2, 0.25) is 0 Å². The predicted molar refractivity (Wildman–Crippen MR) is 98.7 cm³/mol. The highest BCUT2D eigenvalue weighted by molar-refractivity contribution is 9.10. The van der Waals surface area contributed by atoms with Gasteiger partial charge in [0.1, 0.15) is 6.04 Å². The lowest BCUT2D eigenvalue weighted by Gasteiger charge is -2.28. The van der Waals surface area contributed by atoms with E-state index in [0.29, 0.717) is 13.0 Å². The Morgan fingerprint density at radius 2 is 1.92 bits per heavy atom. The lowest BCUT2D eigenvalue weighted by molar-refractivity contribution is -0.142. The molecular formula is C18H24BrN3O3. The van der Waals surface area contributed by atoms with E-state index in [4.69, 9.17) is 0 Å². The maximum Gasteiger partial charge on any atom is 0.244 e. The summed E-state index contributed by atoms with van der Waals surface area (Å²) in [7, 11) is 3.40. The number of hydrogen-bond donors (Lipinski definition) is 1. The molecule has 136 valence electrons. The Hall–Kier alpha value is -1.89. The van der Waals surface area contributed by atoms with Crippen LogP contribution < -0.4 is 5.32 Å². The molecule has 2 atom stereocenters. The fraction of sp³-hybridized carbons (Fsp3) is 0.500. The van der Waals surface area contributed by atoms with Gasteiger partial charge >= 0.3 is 0 Å². The van der Waals surface area contributed by atoms with Crippen LogP contribution in [-0.4, -0.2) is 54.2 Å². The summed E-state index contributed by atoms with van der Waals surface area (Å²) in [4.78, 5) is 39.8. The van der Waals surface area contributed by atoms with Gasteiger partial charge in [0.2, 0.25) is 17.7 Å². The number of hydrogen-bond acceptors (Lipinski definition) is 3. The average molecular weight is 410 g/mol. The van der Waals surface area contributed by atoms with E-state index < -0.39 is 12.1 Å². The average Bonchev–Trinajstić information content (AvgIpc) is 3.03. The van der Waals surface area contributed by atoms with E-state index in [9.17, 15) is 14.4 Å². The van der Waals surface area contributed by atoms with Crippen molar-refractivity contribution in [3.63, 3.8) is 0 Å². The summed E-state index contributed by atoms with van der Waals surface area (Å²) in [5, 5.41) is 2.84. The van der Waals surface area contributed by atoms with Crippen molar-refractivity contribution in [3.05, 3.63) is 34.3 Å². The molecule has 1 aromatic rings. The maximum atomic E-state index is 12.8. The first-order valence-electron chi connectivity index (χ1n) is 8.32. The van der Waals surface area contributed by atoms with Crippen LogP contribution in [-0.2, 0) is 14.4 Å². The van der Waals surface area contributed by atoms with Gasteiger partial charge in [0, 0.05) is 32.0 Å². The Bertz CT molecular complexity index is 645. The normalized spacial score (nSPS) is 17.9. The number of likely N-dealkylation sites (tertiary alicyclic amines) is 1. The number of benzene rings is 1. The fourth-order valence-corrected chi connectivity index (χ4v) is 3.37. The topological polar surface area (TPSA) is 69.7 Å². The first-order valence-corrected chi connectivity index (χ1v) is 9.12. The SMILES string of the molecule is CC(=O)NC(CC(=O)N1CCCC1C(=O)N(C)C)c1ccc(Br)cc1. The van der Waals surface area contributed by atoms with Crippen molar-refractivity contribution in [1.29, 1.82) is 0 Å². The van der Waals surface area contributed by atoms with Gasteiger partial charge in [-0.05, 0) is 30.5 Å². The van der Waals surface area contributed by atoms with Crippen LogP contribution in [0.4, 0.5) is 0 Å². The third-order valence-corrected chi connectivity index (χ3v) is 4.86. The van der Waals surface area contributed by atoms with Gasteiger partial charge in [-0.3, -0.25) is 14.4 Å². The van der Waals surface area contributed by atoms with Crippen LogP contribution in [0.3, 0.4) is 0 Å². The minimum Gasteiger partial charge on any atom is -0.349 e. The molecule has 2 unspecified atom stereocenters. The molecule has 1 fully saturated rings. The second-order valence-electron chi connectivity index (χ2n) is 6.49. The number of nitrogens with one attached hydrogen (secondary N) is 1. The van der Waals surface area contributed by atoms with Gasteiger partial charge in [-0.1, -0.05) is 28.1 Å². The highest BCUT2D eigenvalue weighted by Gasteiger charge is 2.35. The lowest BCUT2D eigenvalue weighted by atomic mass is 10.0. The van der Waals surface area contributed by atoms with Crippen LogP contribution in [0.1, 0.15) is 37.8 Å². The zero-order valence-electron chi connectivity index (χ0n) is 14.8. The van der Waals surface area contributed by atoms with Crippen molar-refractivity contribution in [2.75, 3.05) is 20.6 Å². The molecule has 7 heteroatoms. The number of nitrogens with zero attached hydrogens (tertiary/aromatic N) is 2. The molecule has 1 aliphatic rings. The molecule has 1 N–H and O–H groups in total. The molecule has 0 radical (unpaired) electrons. The molecule has 1 aromatic carbocycles. The van der Waals surface area contributed by atoms with E-state index in [2.05, 4.69) is 21.2 Å². The van der Waals surface area contributed by atoms with Crippen LogP contribution in [0.25, 0.3) is 0 Å². The molecule has 0 spiro atoms. The zero-order valence-corrected chi connectivity index (χ0v) is 16.4. The molecule has 6 nitrogen and oxygen atoms in total. The molecule has 3 amide bonds.